The Morgan fingerprint density at radius 2 is 2.24 bits per heavy atom. The average molecular weight is 295 g/mol. The van der Waals surface area contributed by atoms with Crippen LogP contribution in [-0.2, 0) is 4.74 Å². The summed E-state index contributed by atoms with van der Waals surface area (Å²) in [5, 5.41) is 13.5. The first-order chi connectivity index (χ1) is 9.96. The molecule has 0 radical (unpaired) electrons. The zero-order valence-electron chi connectivity index (χ0n) is 12.9. The van der Waals surface area contributed by atoms with E-state index in [1.165, 1.54) is 18.6 Å². The van der Waals surface area contributed by atoms with E-state index in [2.05, 4.69) is 19.2 Å². The highest BCUT2D eigenvalue weighted by Gasteiger charge is 2.25. The summed E-state index contributed by atoms with van der Waals surface area (Å²) in [7, 11) is 0. The predicted octanol–water partition coefficient (Wildman–Crippen LogP) is 3.19. The third-order valence-electron chi connectivity index (χ3n) is 4.02. The molecule has 0 saturated carbocycles. The van der Waals surface area contributed by atoms with E-state index in [4.69, 9.17) is 4.74 Å². The van der Waals surface area contributed by atoms with E-state index in [1.54, 1.807) is 12.1 Å². The van der Waals surface area contributed by atoms with E-state index in [-0.39, 0.29) is 11.4 Å². The van der Waals surface area contributed by atoms with Gasteiger partial charge in [-0.05, 0) is 57.2 Å². The number of benzene rings is 1. The number of nitrogens with one attached hydrogen (secondary N) is 1. The molecule has 2 atom stereocenters. The Bertz CT molecular complexity index is 444. The summed E-state index contributed by atoms with van der Waals surface area (Å²) < 4.78 is 18.9. The lowest BCUT2D eigenvalue weighted by atomic mass is 9.92. The molecular weight excluding hydrogens is 269 g/mol. The van der Waals surface area contributed by atoms with Crippen molar-refractivity contribution in [3.05, 3.63) is 35.6 Å². The summed E-state index contributed by atoms with van der Waals surface area (Å²) in [4.78, 5) is 0. The Morgan fingerprint density at radius 1 is 1.43 bits per heavy atom. The molecule has 3 nitrogen and oxygen atoms in total. The Kier molecular flexibility index (Phi) is 5.73. The molecule has 0 aromatic heterocycles. The highest BCUT2D eigenvalue weighted by Crippen LogP contribution is 2.23. The van der Waals surface area contributed by atoms with Gasteiger partial charge in [-0.2, -0.15) is 0 Å². The first kappa shape index (κ1) is 16.4. The average Bonchev–Trinajstić information content (AvgIpc) is 2.45. The Balaban J connectivity index is 1.82. The Labute approximate surface area is 126 Å². The summed E-state index contributed by atoms with van der Waals surface area (Å²) in [5.74, 6) is -0.318. The molecule has 0 bridgehead atoms. The van der Waals surface area contributed by atoms with Gasteiger partial charge < -0.3 is 15.2 Å². The number of halogens is 1. The highest BCUT2D eigenvalue weighted by atomic mass is 19.1. The van der Waals surface area contributed by atoms with Crippen molar-refractivity contribution < 1.29 is 14.2 Å². The lowest BCUT2D eigenvalue weighted by Gasteiger charge is -2.33. The van der Waals surface area contributed by atoms with E-state index in [0.717, 1.165) is 25.9 Å². The van der Waals surface area contributed by atoms with Crippen molar-refractivity contribution in [2.24, 2.45) is 0 Å². The fourth-order valence-corrected chi connectivity index (χ4v) is 2.81. The normalized spacial score (nSPS) is 21.2. The van der Waals surface area contributed by atoms with Crippen molar-refractivity contribution in [2.45, 2.75) is 57.3 Å². The van der Waals surface area contributed by atoms with Gasteiger partial charge in [0.1, 0.15) is 5.82 Å². The molecule has 0 unspecified atom stereocenters. The molecule has 1 aliphatic heterocycles. The van der Waals surface area contributed by atoms with E-state index < -0.39 is 6.10 Å². The molecular formula is C17H26FNO2. The van der Waals surface area contributed by atoms with Gasteiger partial charge in [-0.15, -0.1) is 0 Å². The molecule has 2 rings (SSSR count). The fraction of sp³-hybridized carbons (Fsp3) is 0.647. The first-order valence-electron chi connectivity index (χ1n) is 7.76. The number of β-amino-alcohol motifs (C(OH)–C–C–N with tert-alkyl or cyclic N) is 1. The van der Waals surface area contributed by atoms with E-state index in [0.29, 0.717) is 18.2 Å². The molecule has 0 spiro atoms. The lowest BCUT2D eigenvalue weighted by molar-refractivity contribution is -0.00400. The van der Waals surface area contributed by atoms with Crippen LogP contribution in [0.2, 0.25) is 0 Å². The largest absolute Gasteiger partial charge is 0.387 e. The molecule has 2 N–H and O–H groups in total. The Hall–Kier alpha value is -0.970. The minimum Gasteiger partial charge on any atom is -0.387 e. The topological polar surface area (TPSA) is 41.5 Å². The summed E-state index contributed by atoms with van der Waals surface area (Å²) in [5.41, 5.74) is 0.489. The summed E-state index contributed by atoms with van der Waals surface area (Å²) >= 11 is 0. The smallest absolute Gasteiger partial charge is 0.123 e. The predicted molar refractivity (Wildman–Crippen MR) is 81.6 cm³/mol. The van der Waals surface area contributed by atoms with Crippen LogP contribution in [0.5, 0.6) is 0 Å². The molecule has 1 saturated heterocycles. The molecule has 1 heterocycles. The van der Waals surface area contributed by atoms with E-state index in [1.807, 2.05) is 0 Å². The molecule has 4 heteroatoms. The van der Waals surface area contributed by atoms with Crippen molar-refractivity contribution in [3.63, 3.8) is 0 Å². The van der Waals surface area contributed by atoms with Crippen molar-refractivity contribution in [3.8, 4) is 0 Å². The van der Waals surface area contributed by atoms with E-state index >= 15 is 0 Å². The first-order valence-corrected chi connectivity index (χ1v) is 7.76. The van der Waals surface area contributed by atoms with Crippen molar-refractivity contribution in [2.75, 3.05) is 13.2 Å². The Morgan fingerprint density at radius 3 is 2.90 bits per heavy atom. The number of hydrogen-bond donors (Lipinski definition) is 2. The molecule has 1 aliphatic rings. The molecule has 1 fully saturated rings. The van der Waals surface area contributed by atoms with Gasteiger partial charge in [-0.1, -0.05) is 12.1 Å². The monoisotopic (exact) mass is 295 g/mol. The number of hydrogen-bond acceptors (Lipinski definition) is 3. The number of aliphatic hydroxyl groups is 1. The highest BCUT2D eigenvalue weighted by molar-refractivity contribution is 5.19. The van der Waals surface area contributed by atoms with Gasteiger partial charge in [-0.25, -0.2) is 4.39 Å². The standard InChI is InChI=1S/C17H26FNO2/c1-17(2,11-15-8-3-4-9-21-15)19-12-16(20)13-6-5-7-14(18)10-13/h5-7,10,15-16,19-20H,3-4,8-9,11-12H2,1-2H3/t15-,16+/m1/s1. The quantitative estimate of drug-likeness (QED) is 0.847. The maximum absolute atomic E-state index is 13.2. The third kappa shape index (κ3) is 5.38. The van der Waals surface area contributed by atoms with Gasteiger partial charge in [0.15, 0.2) is 0 Å². The molecule has 0 amide bonds. The molecule has 1 aromatic rings. The number of aliphatic hydroxyl groups excluding tert-OH is 1. The van der Waals surface area contributed by atoms with Gasteiger partial charge >= 0.3 is 0 Å². The second-order valence-corrected chi connectivity index (χ2v) is 6.53. The second-order valence-electron chi connectivity index (χ2n) is 6.53. The zero-order valence-corrected chi connectivity index (χ0v) is 12.9. The van der Waals surface area contributed by atoms with Crippen LogP contribution in [0.15, 0.2) is 24.3 Å². The molecule has 0 aliphatic carbocycles. The second kappa shape index (κ2) is 7.34. The zero-order chi connectivity index (χ0) is 15.3. The van der Waals surface area contributed by atoms with Crippen molar-refractivity contribution >= 4 is 0 Å². The van der Waals surface area contributed by atoms with Crippen LogP contribution < -0.4 is 5.32 Å². The molecule has 1 aromatic carbocycles. The van der Waals surface area contributed by atoms with Gasteiger partial charge in [0, 0.05) is 18.7 Å². The van der Waals surface area contributed by atoms with Crippen LogP contribution >= 0.6 is 0 Å². The minimum atomic E-state index is -0.702. The van der Waals surface area contributed by atoms with Gasteiger partial charge in [-0.3, -0.25) is 0 Å². The summed E-state index contributed by atoms with van der Waals surface area (Å²) in [6, 6.07) is 6.12. The van der Waals surface area contributed by atoms with Crippen molar-refractivity contribution in [1.82, 2.24) is 5.32 Å². The molecule has 118 valence electrons. The summed E-state index contributed by atoms with van der Waals surface area (Å²) in [6.45, 7) is 5.49. The van der Waals surface area contributed by atoms with Crippen LogP contribution in [0.3, 0.4) is 0 Å². The van der Waals surface area contributed by atoms with Gasteiger partial charge in [0.2, 0.25) is 0 Å². The maximum atomic E-state index is 13.2. The van der Waals surface area contributed by atoms with Crippen LogP contribution in [0, 0.1) is 5.82 Å². The molecule has 21 heavy (non-hydrogen) atoms. The fourth-order valence-electron chi connectivity index (χ4n) is 2.81. The van der Waals surface area contributed by atoms with Crippen LogP contribution in [0.25, 0.3) is 0 Å². The number of ether oxygens (including phenoxy) is 1. The van der Waals surface area contributed by atoms with Gasteiger partial charge in [0.25, 0.3) is 0 Å². The van der Waals surface area contributed by atoms with Crippen molar-refractivity contribution in [1.29, 1.82) is 0 Å². The number of rotatable bonds is 6. The third-order valence-corrected chi connectivity index (χ3v) is 4.02. The van der Waals surface area contributed by atoms with Crippen LogP contribution in [0.1, 0.15) is 51.2 Å². The SMILES string of the molecule is CC(C)(C[C@H]1CCCCO1)NC[C@H](O)c1cccc(F)c1. The minimum absolute atomic E-state index is 0.115. The van der Waals surface area contributed by atoms with Crippen LogP contribution in [0.4, 0.5) is 4.39 Å². The van der Waals surface area contributed by atoms with Gasteiger partial charge in [0.05, 0.1) is 12.2 Å². The maximum Gasteiger partial charge on any atom is 0.123 e. The van der Waals surface area contributed by atoms with E-state index in [9.17, 15) is 9.50 Å². The summed E-state index contributed by atoms with van der Waals surface area (Å²) in [6.07, 6.45) is 4.01. The van der Waals surface area contributed by atoms with Crippen LogP contribution in [-0.4, -0.2) is 29.9 Å². The lowest BCUT2D eigenvalue weighted by Crippen LogP contribution is -2.45.